The van der Waals surface area contributed by atoms with Crippen LogP contribution in [0.3, 0.4) is 0 Å². The summed E-state index contributed by atoms with van der Waals surface area (Å²) in [5.74, 6) is -0.515. The van der Waals surface area contributed by atoms with Crippen LogP contribution in [-0.2, 0) is 20.7 Å². The molecule has 0 aliphatic carbocycles. The molecule has 0 saturated heterocycles. The second-order valence-electron chi connectivity index (χ2n) is 5.87. The molecule has 1 aromatic rings. The summed E-state index contributed by atoms with van der Waals surface area (Å²) >= 11 is 0. The van der Waals surface area contributed by atoms with E-state index in [4.69, 9.17) is 9.47 Å². The first-order valence-corrected chi connectivity index (χ1v) is 7.04. The van der Waals surface area contributed by atoms with Gasteiger partial charge in [0.25, 0.3) is 0 Å². The van der Waals surface area contributed by atoms with E-state index in [1.165, 1.54) is 7.11 Å². The molecule has 0 spiro atoms. The molecule has 22 heavy (non-hydrogen) atoms. The number of esters is 1. The molecular weight excluding hydrogens is 282 g/mol. The van der Waals surface area contributed by atoms with Gasteiger partial charge in [0.1, 0.15) is 11.6 Å². The number of benzene rings is 1. The third kappa shape index (κ3) is 5.99. The number of hydrogen-bond donors (Lipinski definition) is 1. The third-order valence-electron chi connectivity index (χ3n) is 2.83. The molecule has 0 unspecified atom stereocenters. The van der Waals surface area contributed by atoms with E-state index in [9.17, 15) is 9.59 Å². The summed E-state index contributed by atoms with van der Waals surface area (Å²) in [6.45, 7) is 8.96. The van der Waals surface area contributed by atoms with Crippen molar-refractivity contribution in [2.75, 3.05) is 7.11 Å². The summed E-state index contributed by atoms with van der Waals surface area (Å²) in [5, 5.41) is 2.55. The Hall–Kier alpha value is -2.30. The summed E-state index contributed by atoms with van der Waals surface area (Å²) in [6.07, 6.45) is 1.41. The molecule has 0 radical (unpaired) electrons. The average Bonchev–Trinajstić information content (AvgIpc) is 2.44. The van der Waals surface area contributed by atoms with Gasteiger partial charge in [0.2, 0.25) is 0 Å². The second kappa shape index (κ2) is 7.64. The van der Waals surface area contributed by atoms with E-state index in [1.54, 1.807) is 26.8 Å². The molecule has 1 atom stereocenters. The zero-order chi connectivity index (χ0) is 16.8. The maximum Gasteiger partial charge on any atom is 0.408 e. The summed E-state index contributed by atoms with van der Waals surface area (Å²) in [4.78, 5) is 23.7. The van der Waals surface area contributed by atoms with Gasteiger partial charge in [-0.1, -0.05) is 36.9 Å². The normalized spacial score (nSPS) is 12.2. The van der Waals surface area contributed by atoms with Gasteiger partial charge in [-0.3, -0.25) is 0 Å². The number of carbonyl (C=O) groups excluding carboxylic acids is 2. The lowest BCUT2D eigenvalue weighted by atomic mass is 10.0. The van der Waals surface area contributed by atoms with Gasteiger partial charge >= 0.3 is 12.1 Å². The minimum absolute atomic E-state index is 0.323. The first-order chi connectivity index (χ1) is 10.2. The molecule has 1 rings (SSSR count). The van der Waals surface area contributed by atoms with Gasteiger partial charge in [-0.15, -0.1) is 0 Å². The Morgan fingerprint density at radius 2 is 1.86 bits per heavy atom. The van der Waals surface area contributed by atoms with E-state index in [0.29, 0.717) is 6.42 Å². The van der Waals surface area contributed by atoms with Gasteiger partial charge in [0, 0.05) is 6.42 Å². The van der Waals surface area contributed by atoms with Crippen molar-refractivity contribution in [3.63, 3.8) is 0 Å². The van der Waals surface area contributed by atoms with Crippen LogP contribution in [0.1, 0.15) is 31.9 Å². The van der Waals surface area contributed by atoms with Gasteiger partial charge in [-0.05, 0) is 31.9 Å². The summed E-state index contributed by atoms with van der Waals surface area (Å²) in [7, 11) is 1.28. The molecule has 1 N–H and O–H groups in total. The number of hydrogen-bond acceptors (Lipinski definition) is 4. The number of carbonyl (C=O) groups is 2. The zero-order valence-electron chi connectivity index (χ0n) is 13.5. The highest BCUT2D eigenvalue weighted by Gasteiger charge is 2.25. The number of ether oxygens (including phenoxy) is 2. The first-order valence-electron chi connectivity index (χ1n) is 7.04. The lowest BCUT2D eigenvalue weighted by Crippen LogP contribution is -2.45. The predicted octanol–water partition coefficient (Wildman–Crippen LogP) is 2.94. The Morgan fingerprint density at radius 3 is 2.32 bits per heavy atom. The Morgan fingerprint density at radius 1 is 1.27 bits per heavy atom. The quantitative estimate of drug-likeness (QED) is 0.850. The summed E-state index contributed by atoms with van der Waals surface area (Å²) < 4.78 is 9.90. The molecular formula is C17H23NO4. The van der Waals surface area contributed by atoms with Crippen LogP contribution in [0.5, 0.6) is 0 Å². The van der Waals surface area contributed by atoms with Gasteiger partial charge in [-0.25, -0.2) is 9.59 Å². The SMILES string of the molecule is C=Cc1ccc(C[C@H](NC(=O)OC(C)(C)C)C(=O)OC)cc1. The Labute approximate surface area is 131 Å². The fourth-order valence-corrected chi connectivity index (χ4v) is 1.81. The third-order valence-corrected chi connectivity index (χ3v) is 2.83. The molecule has 0 aliphatic heterocycles. The highest BCUT2D eigenvalue weighted by Crippen LogP contribution is 2.11. The molecule has 0 heterocycles. The van der Waals surface area contributed by atoms with E-state index >= 15 is 0 Å². The maximum absolute atomic E-state index is 11.8. The zero-order valence-corrected chi connectivity index (χ0v) is 13.5. The Kier molecular flexibility index (Phi) is 6.16. The monoisotopic (exact) mass is 305 g/mol. The molecule has 1 amide bonds. The van der Waals surface area contributed by atoms with E-state index in [-0.39, 0.29) is 0 Å². The van der Waals surface area contributed by atoms with Gasteiger partial charge in [-0.2, -0.15) is 0 Å². The van der Waals surface area contributed by atoms with Crippen molar-refractivity contribution >= 4 is 18.1 Å². The van der Waals surface area contributed by atoms with Crippen molar-refractivity contribution in [3.8, 4) is 0 Å². The molecule has 5 heteroatoms. The van der Waals surface area contributed by atoms with Crippen LogP contribution in [0.15, 0.2) is 30.8 Å². The first kappa shape index (κ1) is 17.8. The molecule has 0 saturated carbocycles. The molecule has 0 aromatic heterocycles. The molecule has 0 fully saturated rings. The van der Waals surface area contributed by atoms with Crippen LogP contribution >= 0.6 is 0 Å². The summed E-state index contributed by atoms with van der Waals surface area (Å²) in [5.41, 5.74) is 1.26. The van der Waals surface area contributed by atoms with Crippen molar-refractivity contribution in [2.24, 2.45) is 0 Å². The van der Waals surface area contributed by atoms with E-state index in [2.05, 4.69) is 11.9 Å². The van der Waals surface area contributed by atoms with Gasteiger partial charge < -0.3 is 14.8 Å². The van der Waals surface area contributed by atoms with Gasteiger partial charge in [0.05, 0.1) is 7.11 Å². The minimum atomic E-state index is -0.797. The van der Waals surface area contributed by atoms with Gasteiger partial charge in [0.15, 0.2) is 0 Å². The van der Waals surface area contributed by atoms with Crippen LogP contribution in [0.2, 0.25) is 0 Å². The van der Waals surface area contributed by atoms with Crippen LogP contribution < -0.4 is 5.32 Å². The van der Waals surface area contributed by atoms with Crippen molar-refractivity contribution in [2.45, 2.75) is 38.8 Å². The van der Waals surface area contributed by atoms with Crippen LogP contribution in [0.25, 0.3) is 6.08 Å². The highest BCUT2D eigenvalue weighted by molar-refractivity contribution is 5.81. The average molecular weight is 305 g/mol. The lowest BCUT2D eigenvalue weighted by Gasteiger charge is -2.22. The standard InChI is InChI=1S/C17H23NO4/c1-6-12-7-9-13(10-8-12)11-14(15(19)21-5)18-16(20)22-17(2,3)4/h6-10,14H,1,11H2,2-5H3,(H,18,20)/t14-/m0/s1. The smallest absolute Gasteiger partial charge is 0.408 e. The van der Waals surface area contributed by atoms with Crippen molar-refractivity contribution in [3.05, 3.63) is 42.0 Å². The van der Waals surface area contributed by atoms with E-state index in [1.807, 2.05) is 24.3 Å². The van der Waals surface area contributed by atoms with Crippen LogP contribution in [0.4, 0.5) is 4.79 Å². The second-order valence-corrected chi connectivity index (χ2v) is 5.87. The fourth-order valence-electron chi connectivity index (χ4n) is 1.81. The molecule has 1 aromatic carbocycles. The lowest BCUT2D eigenvalue weighted by molar-refractivity contribution is -0.143. The number of alkyl carbamates (subject to hydrolysis) is 1. The number of methoxy groups -OCH3 is 1. The minimum Gasteiger partial charge on any atom is -0.467 e. The van der Waals surface area contributed by atoms with Crippen molar-refractivity contribution in [1.29, 1.82) is 0 Å². The Balaban J connectivity index is 2.77. The molecule has 120 valence electrons. The molecule has 0 bridgehead atoms. The highest BCUT2D eigenvalue weighted by atomic mass is 16.6. The van der Waals surface area contributed by atoms with E-state index < -0.39 is 23.7 Å². The molecule has 5 nitrogen and oxygen atoms in total. The maximum atomic E-state index is 11.8. The number of rotatable bonds is 5. The Bertz CT molecular complexity index is 529. The summed E-state index contributed by atoms with van der Waals surface area (Å²) in [6, 6.07) is 6.75. The fraction of sp³-hybridized carbons (Fsp3) is 0.412. The predicted molar refractivity (Wildman–Crippen MR) is 85.4 cm³/mol. The number of amides is 1. The van der Waals surface area contributed by atoms with Crippen LogP contribution in [0, 0.1) is 0 Å². The van der Waals surface area contributed by atoms with E-state index in [0.717, 1.165) is 11.1 Å². The topological polar surface area (TPSA) is 64.6 Å². The van der Waals surface area contributed by atoms with Crippen LogP contribution in [-0.4, -0.2) is 30.8 Å². The number of nitrogens with one attached hydrogen (secondary N) is 1. The molecule has 0 aliphatic rings. The van der Waals surface area contributed by atoms with Crippen molar-refractivity contribution in [1.82, 2.24) is 5.32 Å². The largest absolute Gasteiger partial charge is 0.467 e. The van der Waals surface area contributed by atoms with Crippen molar-refractivity contribution < 1.29 is 19.1 Å².